The van der Waals surface area contributed by atoms with Crippen LogP contribution in [0.1, 0.15) is 11.6 Å². The zero-order valence-electron chi connectivity index (χ0n) is 8.42. The third-order valence-corrected chi connectivity index (χ3v) is 2.54. The van der Waals surface area contributed by atoms with Crippen LogP contribution >= 0.6 is 0 Å². The molecule has 0 radical (unpaired) electrons. The van der Waals surface area contributed by atoms with Gasteiger partial charge in [-0.05, 0) is 17.7 Å². The molecule has 1 aliphatic rings. The van der Waals surface area contributed by atoms with Gasteiger partial charge in [0.1, 0.15) is 5.75 Å². The average Bonchev–Trinajstić information content (AvgIpc) is 2.30. The first kappa shape index (κ1) is 9.49. The molecule has 2 N–H and O–H groups in total. The molecule has 76 valence electrons. The summed E-state index contributed by atoms with van der Waals surface area (Å²) in [5.41, 5.74) is 1.29. The quantitative estimate of drug-likeness (QED) is 0.731. The zero-order valence-corrected chi connectivity index (χ0v) is 8.42. The van der Waals surface area contributed by atoms with Gasteiger partial charge < -0.3 is 15.4 Å². The molecule has 0 unspecified atom stereocenters. The normalized spacial score (nSPS) is 21.9. The number of ether oxygens (including phenoxy) is 1. The SMILES string of the molecule is COc1cccc([C@H]2CNCCN2)c1. The van der Waals surface area contributed by atoms with E-state index in [0.29, 0.717) is 6.04 Å². The first-order valence-electron chi connectivity index (χ1n) is 4.98. The van der Waals surface area contributed by atoms with E-state index in [1.165, 1.54) is 5.56 Å². The Bertz CT molecular complexity index is 295. The lowest BCUT2D eigenvalue weighted by atomic mass is 10.1. The summed E-state index contributed by atoms with van der Waals surface area (Å²) in [7, 11) is 1.70. The van der Waals surface area contributed by atoms with Gasteiger partial charge in [0.05, 0.1) is 7.11 Å². The second-order valence-corrected chi connectivity index (χ2v) is 3.49. The van der Waals surface area contributed by atoms with Crippen LogP contribution in [0, 0.1) is 0 Å². The molecule has 0 aromatic heterocycles. The van der Waals surface area contributed by atoms with Crippen LogP contribution in [0.3, 0.4) is 0 Å². The summed E-state index contributed by atoms with van der Waals surface area (Å²) in [5, 5.41) is 6.84. The lowest BCUT2D eigenvalue weighted by molar-refractivity contribution is 0.407. The van der Waals surface area contributed by atoms with E-state index in [2.05, 4.69) is 22.8 Å². The predicted molar refractivity (Wildman–Crippen MR) is 56.6 cm³/mol. The molecular weight excluding hydrogens is 176 g/mol. The lowest BCUT2D eigenvalue weighted by Crippen LogP contribution is -2.42. The van der Waals surface area contributed by atoms with Crippen molar-refractivity contribution in [2.24, 2.45) is 0 Å². The van der Waals surface area contributed by atoms with E-state index in [4.69, 9.17) is 4.74 Å². The fourth-order valence-corrected chi connectivity index (χ4v) is 1.75. The molecule has 3 nitrogen and oxygen atoms in total. The molecule has 0 bridgehead atoms. The van der Waals surface area contributed by atoms with Crippen molar-refractivity contribution < 1.29 is 4.74 Å². The van der Waals surface area contributed by atoms with E-state index in [1.54, 1.807) is 7.11 Å². The third-order valence-electron chi connectivity index (χ3n) is 2.54. The number of piperazine rings is 1. The Kier molecular flexibility index (Phi) is 3.01. The van der Waals surface area contributed by atoms with E-state index in [-0.39, 0.29) is 0 Å². The zero-order chi connectivity index (χ0) is 9.80. The van der Waals surface area contributed by atoms with Crippen LogP contribution in [-0.2, 0) is 0 Å². The summed E-state index contributed by atoms with van der Waals surface area (Å²) >= 11 is 0. The maximum atomic E-state index is 5.20. The number of methoxy groups -OCH3 is 1. The largest absolute Gasteiger partial charge is 0.497 e. The van der Waals surface area contributed by atoms with Crippen LogP contribution in [0.4, 0.5) is 0 Å². The third kappa shape index (κ3) is 2.05. The van der Waals surface area contributed by atoms with Crippen molar-refractivity contribution in [3.63, 3.8) is 0 Å². The maximum absolute atomic E-state index is 5.20. The Morgan fingerprint density at radius 1 is 1.36 bits per heavy atom. The molecular formula is C11H16N2O. The van der Waals surface area contributed by atoms with Gasteiger partial charge in [-0.2, -0.15) is 0 Å². The first-order chi connectivity index (χ1) is 6.90. The summed E-state index contributed by atoms with van der Waals surface area (Å²) in [5.74, 6) is 0.926. The summed E-state index contributed by atoms with van der Waals surface area (Å²) in [4.78, 5) is 0. The lowest BCUT2D eigenvalue weighted by Gasteiger charge is -2.25. The molecule has 0 saturated carbocycles. The van der Waals surface area contributed by atoms with Crippen molar-refractivity contribution in [3.05, 3.63) is 29.8 Å². The van der Waals surface area contributed by atoms with Crippen LogP contribution in [0.2, 0.25) is 0 Å². The molecule has 0 aliphatic carbocycles. The number of hydrogen-bond donors (Lipinski definition) is 2. The van der Waals surface area contributed by atoms with Crippen molar-refractivity contribution in [2.45, 2.75) is 6.04 Å². The Labute approximate surface area is 84.5 Å². The smallest absolute Gasteiger partial charge is 0.119 e. The number of benzene rings is 1. The van der Waals surface area contributed by atoms with Crippen LogP contribution in [0.15, 0.2) is 24.3 Å². The van der Waals surface area contributed by atoms with E-state index in [0.717, 1.165) is 25.4 Å². The second-order valence-electron chi connectivity index (χ2n) is 3.49. The van der Waals surface area contributed by atoms with Crippen molar-refractivity contribution in [1.82, 2.24) is 10.6 Å². The fourth-order valence-electron chi connectivity index (χ4n) is 1.75. The topological polar surface area (TPSA) is 33.3 Å². The highest BCUT2D eigenvalue weighted by Gasteiger charge is 2.13. The summed E-state index contributed by atoms with van der Waals surface area (Å²) in [6, 6.07) is 8.64. The van der Waals surface area contributed by atoms with Gasteiger partial charge in [0.25, 0.3) is 0 Å². The standard InChI is InChI=1S/C11H16N2O/c1-14-10-4-2-3-9(7-10)11-8-12-5-6-13-11/h2-4,7,11-13H,5-6,8H2,1H3/t11-/m1/s1. The molecule has 1 atom stereocenters. The highest BCUT2D eigenvalue weighted by atomic mass is 16.5. The van der Waals surface area contributed by atoms with Crippen molar-refractivity contribution >= 4 is 0 Å². The van der Waals surface area contributed by atoms with Crippen molar-refractivity contribution in [3.8, 4) is 5.75 Å². The molecule has 2 rings (SSSR count). The number of rotatable bonds is 2. The molecule has 1 heterocycles. The van der Waals surface area contributed by atoms with Crippen molar-refractivity contribution in [1.29, 1.82) is 0 Å². The molecule has 1 saturated heterocycles. The minimum atomic E-state index is 0.416. The van der Waals surface area contributed by atoms with E-state index < -0.39 is 0 Å². The number of hydrogen-bond acceptors (Lipinski definition) is 3. The van der Waals surface area contributed by atoms with Gasteiger partial charge in [0.2, 0.25) is 0 Å². The Morgan fingerprint density at radius 2 is 2.29 bits per heavy atom. The van der Waals surface area contributed by atoms with E-state index >= 15 is 0 Å². The Morgan fingerprint density at radius 3 is 3.00 bits per heavy atom. The maximum Gasteiger partial charge on any atom is 0.119 e. The molecule has 1 aromatic carbocycles. The summed E-state index contributed by atoms with van der Waals surface area (Å²) in [6.45, 7) is 3.08. The monoisotopic (exact) mass is 192 g/mol. The van der Waals surface area contributed by atoms with Gasteiger partial charge in [0.15, 0.2) is 0 Å². The van der Waals surface area contributed by atoms with Gasteiger partial charge in [-0.25, -0.2) is 0 Å². The molecule has 0 amide bonds. The Hall–Kier alpha value is -1.06. The van der Waals surface area contributed by atoms with Crippen LogP contribution in [-0.4, -0.2) is 26.7 Å². The highest BCUT2D eigenvalue weighted by molar-refractivity contribution is 5.30. The summed E-state index contributed by atoms with van der Waals surface area (Å²) < 4.78 is 5.20. The molecule has 1 aliphatic heterocycles. The van der Waals surface area contributed by atoms with Crippen LogP contribution < -0.4 is 15.4 Å². The first-order valence-corrected chi connectivity index (χ1v) is 4.98. The second kappa shape index (κ2) is 4.44. The highest BCUT2D eigenvalue weighted by Crippen LogP contribution is 2.19. The van der Waals surface area contributed by atoms with Gasteiger partial charge in [-0.1, -0.05) is 12.1 Å². The molecule has 1 fully saturated rings. The molecule has 1 aromatic rings. The van der Waals surface area contributed by atoms with Gasteiger partial charge in [-0.15, -0.1) is 0 Å². The van der Waals surface area contributed by atoms with Gasteiger partial charge in [-0.3, -0.25) is 0 Å². The van der Waals surface area contributed by atoms with Gasteiger partial charge in [0, 0.05) is 25.7 Å². The van der Waals surface area contributed by atoms with Crippen molar-refractivity contribution in [2.75, 3.05) is 26.7 Å². The Balaban J connectivity index is 2.13. The van der Waals surface area contributed by atoms with Gasteiger partial charge >= 0.3 is 0 Å². The molecule has 0 spiro atoms. The van der Waals surface area contributed by atoms with E-state index in [9.17, 15) is 0 Å². The fraction of sp³-hybridized carbons (Fsp3) is 0.455. The summed E-state index contributed by atoms with van der Waals surface area (Å²) in [6.07, 6.45) is 0. The van der Waals surface area contributed by atoms with Crippen LogP contribution in [0.25, 0.3) is 0 Å². The van der Waals surface area contributed by atoms with E-state index in [1.807, 2.05) is 12.1 Å². The molecule has 3 heteroatoms. The average molecular weight is 192 g/mol. The minimum Gasteiger partial charge on any atom is -0.497 e. The predicted octanol–water partition coefficient (Wildman–Crippen LogP) is 0.929. The van der Waals surface area contributed by atoms with Crippen LogP contribution in [0.5, 0.6) is 5.75 Å². The number of nitrogens with one attached hydrogen (secondary N) is 2. The minimum absolute atomic E-state index is 0.416. The molecule has 14 heavy (non-hydrogen) atoms.